The zero-order valence-corrected chi connectivity index (χ0v) is 14.4. The minimum Gasteiger partial charge on any atom is -0.496 e. The fraction of sp³-hybridized carbons (Fsp3) is 0.250. The summed E-state index contributed by atoms with van der Waals surface area (Å²) in [5, 5.41) is -0.0640. The van der Waals surface area contributed by atoms with Gasteiger partial charge >= 0.3 is 11.3 Å². The van der Waals surface area contributed by atoms with E-state index < -0.39 is 11.3 Å². The largest absolute Gasteiger partial charge is 0.496 e. The third kappa shape index (κ3) is 2.74. The zero-order chi connectivity index (χ0) is 16.6. The van der Waals surface area contributed by atoms with Crippen molar-refractivity contribution < 1.29 is 13.6 Å². The Hall–Kier alpha value is -1.86. The predicted molar refractivity (Wildman–Crippen MR) is 90.4 cm³/mol. The van der Waals surface area contributed by atoms with Crippen LogP contribution in [0.25, 0.3) is 10.3 Å². The molecule has 0 atom stereocenters. The molecule has 2 aromatic rings. The van der Waals surface area contributed by atoms with Crippen LogP contribution in [0, 0.1) is 0 Å². The first-order chi connectivity index (χ1) is 11.1. The summed E-state index contributed by atoms with van der Waals surface area (Å²) in [6.45, 7) is 3.68. The molecule has 0 unspecified atom stereocenters. The quantitative estimate of drug-likeness (QED) is 0.819. The Balaban J connectivity index is 2.28. The van der Waals surface area contributed by atoms with Gasteiger partial charge in [-0.05, 0) is 31.1 Å². The first-order valence-corrected chi connectivity index (χ1v) is 8.62. The molecular weight excluding hydrogens is 336 g/mol. The summed E-state index contributed by atoms with van der Waals surface area (Å²) in [7, 11) is 1.60. The highest BCUT2D eigenvalue weighted by atomic mass is 32.2. The van der Waals surface area contributed by atoms with Gasteiger partial charge in [0.25, 0.3) is 5.61 Å². The van der Waals surface area contributed by atoms with E-state index >= 15 is 0 Å². The molecule has 0 fully saturated rings. The van der Waals surface area contributed by atoms with E-state index in [9.17, 15) is 9.59 Å². The van der Waals surface area contributed by atoms with Crippen molar-refractivity contribution in [3.8, 4) is 5.75 Å². The average molecular weight is 350 g/mol. The molecule has 0 spiro atoms. The summed E-state index contributed by atoms with van der Waals surface area (Å²) in [6, 6.07) is 3.89. The van der Waals surface area contributed by atoms with Gasteiger partial charge in [-0.25, -0.2) is 9.59 Å². The van der Waals surface area contributed by atoms with E-state index in [0.29, 0.717) is 4.24 Å². The lowest BCUT2D eigenvalue weighted by Crippen LogP contribution is -2.42. The van der Waals surface area contributed by atoms with Crippen LogP contribution in [0.15, 0.2) is 40.3 Å². The summed E-state index contributed by atoms with van der Waals surface area (Å²) in [4.78, 5) is 26.2. The van der Waals surface area contributed by atoms with Crippen LogP contribution in [0.4, 0.5) is 0 Å². The maximum atomic E-state index is 12.1. The normalized spacial score (nSPS) is 13.1. The number of hydrogen-bond donors (Lipinski definition) is 0. The third-order valence-electron chi connectivity index (χ3n) is 3.38. The highest BCUT2D eigenvalue weighted by molar-refractivity contribution is 8.32. The minimum absolute atomic E-state index is 0.0640. The maximum absolute atomic E-state index is 12.1. The van der Waals surface area contributed by atoms with Crippen LogP contribution < -0.4 is 26.8 Å². The molecule has 0 bridgehead atoms. The molecule has 120 valence electrons. The summed E-state index contributed by atoms with van der Waals surface area (Å²) in [6.07, 6.45) is 2.28. The van der Waals surface area contributed by atoms with Crippen LogP contribution >= 0.6 is 23.5 Å². The Labute approximate surface area is 140 Å². The summed E-state index contributed by atoms with van der Waals surface area (Å²) in [5.41, 5.74) is -0.314. The van der Waals surface area contributed by atoms with Gasteiger partial charge in [-0.2, -0.15) is 0 Å². The number of fused-ring (bicyclic) bond motifs is 1. The second-order valence-electron chi connectivity index (χ2n) is 4.69. The fourth-order valence-electron chi connectivity index (χ4n) is 2.21. The third-order valence-corrected chi connectivity index (χ3v) is 6.07. The van der Waals surface area contributed by atoms with Gasteiger partial charge in [-0.1, -0.05) is 36.5 Å². The van der Waals surface area contributed by atoms with Crippen molar-refractivity contribution in [1.82, 2.24) is 0 Å². The van der Waals surface area contributed by atoms with Crippen LogP contribution in [0.3, 0.4) is 0 Å². The molecule has 5 nitrogen and oxygen atoms in total. The molecule has 0 saturated carbocycles. The van der Waals surface area contributed by atoms with Crippen molar-refractivity contribution in [3.05, 3.63) is 49.4 Å². The molecule has 23 heavy (non-hydrogen) atoms. The van der Waals surface area contributed by atoms with E-state index in [1.165, 1.54) is 29.6 Å². The van der Waals surface area contributed by atoms with Gasteiger partial charge in [0.15, 0.2) is 5.22 Å². The molecule has 3 rings (SSSR count). The van der Waals surface area contributed by atoms with Crippen molar-refractivity contribution in [2.24, 2.45) is 0 Å². The van der Waals surface area contributed by atoms with E-state index in [1.54, 1.807) is 14.0 Å². The molecule has 1 aliphatic rings. The lowest BCUT2D eigenvalue weighted by molar-refractivity contribution is 0.284. The summed E-state index contributed by atoms with van der Waals surface area (Å²) in [5.74, 6) is 0.719. The van der Waals surface area contributed by atoms with Crippen LogP contribution in [0.1, 0.15) is 19.4 Å². The number of ether oxygens (including phenoxy) is 1. The second-order valence-corrected chi connectivity index (χ2v) is 6.99. The lowest BCUT2D eigenvalue weighted by Gasteiger charge is -2.08. The van der Waals surface area contributed by atoms with E-state index in [4.69, 9.17) is 13.6 Å². The van der Waals surface area contributed by atoms with Gasteiger partial charge in [0.2, 0.25) is 0 Å². The van der Waals surface area contributed by atoms with Crippen molar-refractivity contribution in [2.45, 2.75) is 30.1 Å². The number of hydrogen-bond acceptors (Lipinski definition) is 7. The van der Waals surface area contributed by atoms with Crippen molar-refractivity contribution in [2.75, 3.05) is 7.11 Å². The first kappa shape index (κ1) is 16.0. The Bertz CT molecular complexity index is 928. The zero-order valence-electron chi connectivity index (χ0n) is 12.8. The predicted octanol–water partition coefficient (Wildman–Crippen LogP) is 1.93. The molecule has 0 amide bonds. The van der Waals surface area contributed by atoms with Gasteiger partial charge < -0.3 is 13.6 Å². The fourth-order valence-corrected chi connectivity index (χ4v) is 5.05. The Morgan fingerprint density at radius 1 is 1.13 bits per heavy atom. The van der Waals surface area contributed by atoms with Crippen LogP contribution in [0.2, 0.25) is 0 Å². The highest BCUT2D eigenvalue weighted by Gasteiger charge is 2.26. The Kier molecular flexibility index (Phi) is 4.41. The van der Waals surface area contributed by atoms with Gasteiger partial charge in [-0.3, -0.25) is 0 Å². The second kappa shape index (κ2) is 6.33. The van der Waals surface area contributed by atoms with Gasteiger partial charge in [0.05, 0.1) is 16.2 Å². The Morgan fingerprint density at radius 2 is 1.78 bits per heavy atom. The van der Waals surface area contributed by atoms with E-state index in [0.717, 1.165) is 27.5 Å². The maximum Gasteiger partial charge on any atom is 0.355 e. The average Bonchev–Trinajstić information content (AvgIpc) is 2.97. The summed E-state index contributed by atoms with van der Waals surface area (Å²) >= 11 is 2.72. The molecule has 0 aliphatic carbocycles. The minimum atomic E-state index is -0.686. The highest BCUT2D eigenvalue weighted by Crippen LogP contribution is 2.56. The molecule has 1 aromatic heterocycles. The van der Waals surface area contributed by atoms with Gasteiger partial charge in [-0.15, -0.1) is 0 Å². The SMILES string of the molecule is CC=c1oc(=O)c(=C2Sc3c(CC)ccc(OC)c3S2)c(=O)o1. The van der Waals surface area contributed by atoms with Crippen LogP contribution in [0.5, 0.6) is 5.75 Å². The van der Waals surface area contributed by atoms with Gasteiger partial charge in [0.1, 0.15) is 5.75 Å². The van der Waals surface area contributed by atoms with Gasteiger partial charge in [0, 0.05) is 4.90 Å². The molecule has 2 heterocycles. The number of rotatable bonds is 2. The molecule has 1 aromatic carbocycles. The number of benzene rings is 1. The number of thioether (sulfide) groups is 2. The standard InChI is InChI=1S/C16H14O5S2/c1-4-8-6-7-9(19-3)13-12(8)22-16(23-13)11-14(17)20-10(5-2)21-15(11)18/h5-7H,4H2,1-3H3. The molecular formula is C16H14O5S2. The van der Waals surface area contributed by atoms with E-state index in [2.05, 4.69) is 6.92 Å². The number of methoxy groups -OCH3 is 1. The number of aryl methyl sites for hydroxylation is 1. The Morgan fingerprint density at radius 3 is 2.35 bits per heavy atom. The van der Waals surface area contributed by atoms with Crippen molar-refractivity contribution >= 4 is 33.8 Å². The molecule has 7 heteroatoms. The van der Waals surface area contributed by atoms with Crippen molar-refractivity contribution in [1.29, 1.82) is 0 Å². The molecule has 0 saturated heterocycles. The molecule has 1 aliphatic heterocycles. The van der Waals surface area contributed by atoms with Crippen LogP contribution in [-0.4, -0.2) is 7.11 Å². The van der Waals surface area contributed by atoms with E-state index in [-0.39, 0.29) is 10.8 Å². The van der Waals surface area contributed by atoms with Crippen molar-refractivity contribution in [3.63, 3.8) is 0 Å². The first-order valence-electron chi connectivity index (χ1n) is 6.99. The monoisotopic (exact) mass is 350 g/mol. The molecule has 0 radical (unpaired) electrons. The smallest absolute Gasteiger partial charge is 0.355 e. The topological polar surface area (TPSA) is 69.7 Å². The molecule has 0 N–H and O–H groups in total. The van der Waals surface area contributed by atoms with E-state index in [1.807, 2.05) is 12.1 Å². The summed E-state index contributed by atoms with van der Waals surface area (Å²) < 4.78 is 16.0. The lowest BCUT2D eigenvalue weighted by atomic mass is 10.1. The van der Waals surface area contributed by atoms with Crippen LogP contribution in [-0.2, 0) is 6.42 Å².